The molecule has 0 bridgehead atoms. The van der Waals surface area contributed by atoms with Crippen LogP contribution in [0.15, 0.2) is 18.3 Å². The standard InChI is InChI=1S/C12H16N2O3/c1-12(2,3)17-11(16)14-10-8-9(5-7-15)4-6-13-10/h4,6-8H,5H2,1-3H3,(H,13,14,16). The average molecular weight is 236 g/mol. The van der Waals surface area contributed by atoms with Gasteiger partial charge in [-0.2, -0.15) is 0 Å². The summed E-state index contributed by atoms with van der Waals surface area (Å²) in [5.74, 6) is 0.374. The van der Waals surface area contributed by atoms with Crippen molar-refractivity contribution in [1.82, 2.24) is 4.98 Å². The van der Waals surface area contributed by atoms with Gasteiger partial charge in [0.25, 0.3) is 0 Å². The van der Waals surface area contributed by atoms with Gasteiger partial charge in [0.1, 0.15) is 17.7 Å². The summed E-state index contributed by atoms with van der Waals surface area (Å²) < 4.78 is 5.08. The highest BCUT2D eigenvalue weighted by molar-refractivity contribution is 5.83. The first-order valence-corrected chi connectivity index (χ1v) is 5.29. The van der Waals surface area contributed by atoms with Crippen molar-refractivity contribution in [3.63, 3.8) is 0 Å². The molecule has 1 amide bonds. The molecule has 1 N–H and O–H groups in total. The number of pyridine rings is 1. The average Bonchev–Trinajstić information content (AvgIpc) is 2.15. The van der Waals surface area contributed by atoms with Crippen molar-refractivity contribution in [2.24, 2.45) is 0 Å². The Balaban J connectivity index is 2.65. The first-order chi connectivity index (χ1) is 7.90. The lowest BCUT2D eigenvalue weighted by Gasteiger charge is -2.19. The number of amides is 1. The van der Waals surface area contributed by atoms with Crippen LogP contribution in [0.25, 0.3) is 0 Å². The molecule has 0 aliphatic rings. The fraction of sp³-hybridized carbons (Fsp3) is 0.417. The summed E-state index contributed by atoms with van der Waals surface area (Å²) in [6, 6.07) is 3.35. The van der Waals surface area contributed by atoms with Gasteiger partial charge in [0.15, 0.2) is 0 Å². The highest BCUT2D eigenvalue weighted by Crippen LogP contribution is 2.11. The van der Waals surface area contributed by atoms with Crippen LogP contribution in [0.3, 0.4) is 0 Å². The molecule has 0 aromatic carbocycles. The number of ether oxygens (including phenoxy) is 1. The van der Waals surface area contributed by atoms with Gasteiger partial charge in [-0.05, 0) is 38.5 Å². The van der Waals surface area contributed by atoms with Crippen LogP contribution in [0.5, 0.6) is 0 Å². The minimum Gasteiger partial charge on any atom is -0.444 e. The van der Waals surface area contributed by atoms with Gasteiger partial charge >= 0.3 is 6.09 Å². The highest BCUT2D eigenvalue weighted by atomic mass is 16.6. The van der Waals surface area contributed by atoms with Crippen LogP contribution in [-0.4, -0.2) is 23.0 Å². The summed E-state index contributed by atoms with van der Waals surface area (Å²) in [7, 11) is 0. The number of hydrogen-bond acceptors (Lipinski definition) is 4. The van der Waals surface area contributed by atoms with Gasteiger partial charge in [-0.25, -0.2) is 9.78 Å². The predicted octanol–water partition coefficient (Wildman–Crippen LogP) is 2.17. The maximum absolute atomic E-state index is 11.5. The molecule has 0 aliphatic heterocycles. The minimum atomic E-state index is -0.562. The fourth-order valence-electron chi connectivity index (χ4n) is 1.17. The van der Waals surface area contributed by atoms with Crippen LogP contribution >= 0.6 is 0 Å². The topological polar surface area (TPSA) is 68.3 Å². The van der Waals surface area contributed by atoms with Gasteiger partial charge in [-0.1, -0.05) is 0 Å². The monoisotopic (exact) mass is 236 g/mol. The summed E-state index contributed by atoms with van der Waals surface area (Å²) >= 11 is 0. The van der Waals surface area contributed by atoms with E-state index in [1.165, 1.54) is 6.20 Å². The van der Waals surface area contributed by atoms with Gasteiger partial charge in [0.2, 0.25) is 0 Å². The number of nitrogens with one attached hydrogen (secondary N) is 1. The number of carbonyl (C=O) groups excluding carboxylic acids is 2. The molecule has 1 heterocycles. The van der Waals surface area contributed by atoms with E-state index >= 15 is 0 Å². The van der Waals surface area contributed by atoms with Crippen molar-refractivity contribution < 1.29 is 14.3 Å². The number of anilines is 1. The van der Waals surface area contributed by atoms with Crippen LogP contribution in [0, 0.1) is 0 Å². The Hall–Kier alpha value is -1.91. The molecule has 5 nitrogen and oxygen atoms in total. The molecule has 0 spiro atoms. The number of rotatable bonds is 3. The van der Waals surface area contributed by atoms with Crippen LogP contribution in [-0.2, 0) is 16.0 Å². The van der Waals surface area contributed by atoms with E-state index < -0.39 is 11.7 Å². The van der Waals surface area contributed by atoms with Crippen molar-refractivity contribution in [2.45, 2.75) is 32.8 Å². The molecular weight excluding hydrogens is 220 g/mol. The van der Waals surface area contributed by atoms with E-state index in [1.54, 1.807) is 32.9 Å². The van der Waals surface area contributed by atoms with E-state index in [4.69, 9.17) is 4.74 Å². The minimum absolute atomic E-state index is 0.297. The lowest BCUT2D eigenvalue weighted by Crippen LogP contribution is -2.27. The smallest absolute Gasteiger partial charge is 0.413 e. The Morgan fingerprint density at radius 3 is 2.82 bits per heavy atom. The van der Waals surface area contributed by atoms with E-state index in [-0.39, 0.29) is 0 Å². The molecule has 5 heteroatoms. The van der Waals surface area contributed by atoms with E-state index in [1.807, 2.05) is 0 Å². The molecule has 92 valence electrons. The third kappa shape index (κ3) is 5.10. The second-order valence-electron chi connectivity index (χ2n) is 4.55. The van der Waals surface area contributed by atoms with Gasteiger partial charge < -0.3 is 9.53 Å². The maximum atomic E-state index is 11.5. The first-order valence-electron chi connectivity index (χ1n) is 5.29. The highest BCUT2D eigenvalue weighted by Gasteiger charge is 2.16. The van der Waals surface area contributed by atoms with Gasteiger partial charge in [-0.3, -0.25) is 5.32 Å². The van der Waals surface area contributed by atoms with E-state index in [0.717, 1.165) is 11.8 Å². The lowest BCUT2D eigenvalue weighted by atomic mass is 10.2. The number of aldehydes is 1. The molecular formula is C12H16N2O3. The number of hydrogen-bond donors (Lipinski definition) is 1. The zero-order valence-electron chi connectivity index (χ0n) is 10.2. The largest absolute Gasteiger partial charge is 0.444 e. The molecule has 0 radical (unpaired) electrons. The van der Waals surface area contributed by atoms with E-state index in [9.17, 15) is 9.59 Å². The van der Waals surface area contributed by atoms with Crippen molar-refractivity contribution in [2.75, 3.05) is 5.32 Å². The molecule has 0 atom stereocenters. The predicted molar refractivity (Wildman–Crippen MR) is 63.9 cm³/mol. The van der Waals surface area contributed by atoms with Gasteiger partial charge in [0, 0.05) is 12.6 Å². The first kappa shape index (κ1) is 13.2. The quantitative estimate of drug-likeness (QED) is 0.816. The normalized spacial score (nSPS) is 10.8. The van der Waals surface area contributed by atoms with Crippen molar-refractivity contribution in [1.29, 1.82) is 0 Å². The summed E-state index contributed by atoms with van der Waals surface area (Å²) in [6.07, 6.45) is 2.07. The molecule has 0 unspecified atom stereocenters. The third-order valence-electron chi connectivity index (χ3n) is 1.77. The van der Waals surface area contributed by atoms with Crippen LogP contribution < -0.4 is 5.32 Å². The zero-order chi connectivity index (χ0) is 12.9. The number of aromatic nitrogens is 1. The molecule has 17 heavy (non-hydrogen) atoms. The lowest BCUT2D eigenvalue weighted by molar-refractivity contribution is -0.107. The van der Waals surface area contributed by atoms with Crippen molar-refractivity contribution in [3.8, 4) is 0 Å². The van der Waals surface area contributed by atoms with Crippen LogP contribution in [0.4, 0.5) is 10.6 Å². The van der Waals surface area contributed by atoms with Gasteiger partial charge in [0.05, 0.1) is 0 Å². The molecule has 1 aromatic rings. The Labute approximate surface area is 100 Å². The molecule has 0 saturated heterocycles. The Morgan fingerprint density at radius 1 is 1.53 bits per heavy atom. The van der Waals surface area contributed by atoms with E-state index in [0.29, 0.717) is 12.2 Å². The Bertz CT molecular complexity index is 410. The summed E-state index contributed by atoms with van der Waals surface area (Å²) in [5.41, 5.74) is 0.242. The Morgan fingerprint density at radius 2 is 2.24 bits per heavy atom. The third-order valence-corrected chi connectivity index (χ3v) is 1.77. The van der Waals surface area contributed by atoms with Crippen molar-refractivity contribution >= 4 is 18.2 Å². The molecule has 0 fully saturated rings. The molecule has 1 rings (SSSR count). The fourth-order valence-corrected chi connectivity index (χ4v) is 1.17. The summed E-state index contributed by atoms with van der Waals surface area (Å²) in [5, 5.41) is 2.51. The second-order valence-corrected chi connectivity index (χ2v) is 4.55. The Kier molecular flexibility index (Phi) is 4.20. The maximum Gasteiger partial charge on any atom is 0.413 e. The number of nitrogens with zero attached hydrogens (tertiary/aromatic N) is 1. The van der Waals surface area contributed by atoms with E-state index in [2.05, 4.69) is 10.3 Å². The van der Waals surface area contributed by atoms with Crippen molar-refractivity contribution in [3.05, 3.63) is 23.9 Å². The second kappa shape index (κ2) is 5.43. The molecule has 0 saturated carbocycles. The molecule has 1 aromatic heterocycles. The van der Waals surface area contributed by atoms with Crippen LogP contribution in [0.2, 0.25) is 0 Å². The zero-order valence-corrected chi connectivity index (χ0v) is 10.2. The van der Waals surface area contributed by atoms with Crippen LogP contribution in [0.1, 0.15) is 26.3 Å². The van der Waals surface area contributed by atoms with Gasteiger partial charge in [-0.15, -0.1) is 0 Å². The number of carbonyl (C=O) groups is 2. The summed E-state index contributed by atoms with van der Waals surface area (Å²) in [4.78, 5) is 25.8. The summed E-state index contributed by atoms with van der Waals surface area (Å²) in [6.45, 7) is 5.34. The molecule has 0 aliphatic carbocycles. The SMILES string of the molecule is CC(C)(C)OC(=O)Nc1cc(CC=O)ccn1.